The third kappa shape index (κ3) is 1.25. The van der Waals surface area contributed by atoms with Gasteiger partial charge in [0.15, 0.2) is 5.06 Å². The molecule has 0 aliphatic rings. The first-order valence-corrected chi connectivity index (χ1v) is 4.86. The van der Waals surface area contributed by atoms with Crippen LogP contribution in [0.2, 0.25) is 0 Å². The SMILES string of the molecule is COc1sc2cc(N)ccc2c1C. The molecule has 0 atom stereocenters. The number of thiophene rings is 1. The number of nitrogen functional groups attached to an aromatic ring is 1. The number of rotatable bonds is 1. The first-order valence-electron chi connectivity index (χ1n) is 4.05. The third-order valence-corrected chi connectivity index (χ3v) is 3.32. The van der Waals surface area contributed by atoms with Gasteiger partial charge < -0.3 is 10.5 Å². The van der Waals surface area contributed by atoms with Crippen LogP contribution in [0.3, 0.4) is 0 Å². The minimum absolute atomic E-state index is 0.802. The zero-order valence-corrected chi connectivity index (χ0v) is 8.44. The molecule has 2 N–H and O–H groups in total. The summed E-state index contributed by atoms with van der Waals surface area (Å²) in [5, 5.41) is 2.21. The van der Waals surface area contributed by atoms with E-state index in [9.17, 15) is 0 Å². The first-order chi connectivity index (χ1) is 6.22. The highest BCUT2D eigenvalue weighted by Crippen LogP contribution is 2.37. The highest BCUT2D eigenvalue weighted by molar-refractivity contribution is 7.21. The number of benzene rings is 1. The van der Waals surface area contributed by atoms with E-state index in [1.54, 1.807) is 18.4 Å². The lowest BCUT2D eigenvalue weighted by molar-refractivity contribution is 0.425. The minimum atomic E-state index is 0.802. The third-order valence-electron chi connectivity index (χ3n) is 2.10. The average Bonchev–Trinajstić information content (AvgIpc) is 2.42. The van der Waals surface area contributed by atoms with Gasteiger partial charge >= 0.3 is 0 Å². The summed E-state index contributed by atoms with van der Waals surface area (Å²) in [6.45, 7) is 2.06. The fourth-order valence-electron chi connectivity index (χ4n) is 1.41. The van der Waals surface area contributed by atoms with Crippen molar-refractivity contribution in [2.45, 2.75) is 6.92 Å². The van der Waals surface area contributed by atoms with Gasteiger partial charge in [-0.05, 0) is 24.4 Å². The van der Waals surface area contributed by atoms with Crippen molar-refractivity contribution in [3.8, 4) is 5.06 Å². The second-order valence-electron chi connectivity index (χ2n) is 2.97. The summed E-state index contributed by atoms with van der Waals surface area (Å²) in [5.41, 5.74) is 7.69. The standard InChI is InChI=1S/C10H11NOS/c1-6-8-4-3-7(11)5-9(8)13-10(6)12-2/h3-5H,11H2,1-2H3. The van der Waals surface area contributed by atoms with Crippen molar-refractivity contribution in [3.05, 3.63) is 23.8 Å². The second kappa shape index (κ2) is 2.92. The number of methoxy groups -OCH3 is 1. The van der Waals surface area contributed by atoms with Crippen LogP contribution in [0.4, 0.5) is 5.69 Å². The molecule has 2 aromatic rings. The highest BCUT2D eigenvalue weighted by Gasteiger charge is 2.07. The fourth-order valence-corrected chi connectivity index (χ4v) is 2.49. The van der Waals surface area contributed by atoms with E-state index in [1.165, 1.54) is 15.6 Å². The molecule has 2 nitrogen and oxygen atoms in total. The van der Waals surface area contributed by atoms with Gasteiger partial charge in [-0.15, -0.1) is 0 Å². The van der Waals surface area contributed by atoms with E-state index < -0.39 is 0 Å². The van der Waals surface area contributed by atoms with Gasteiger partial charge in [-0.2, -0.15) is 0 Å². The molecule has 0 radical (unpaired) electrons. The minimum Gasteiger partial charge on any atom is -0.487 e. The molecule has 1 aromatic carbocycles. The normalized spacial score (nSPS) is 10.6. The molecule has 0 spiro atoms. The maximum atomic E-state index is 5.69. The van der Waals surface area contributed by atoms with Crippen molar-refractivity contribution >= 4 is 27.1 Å². The van der Waals surface area contributed by atoms with Crippen LogP contribution < -0.4 is 10.5 Å². The molecule has 2 rings (SSSR count). The molecule has 13 heavy (non-hydrogen) atoms. The molecule has 0 unspecified atom stereocenters. The molecule has 1 aromatic heterocycles. The predicted octanol–water partition coefficient (Wildman–Crippen LogP) is 2.80. The van der Waals surface area contributed by atoms with Crippen molar-refractivity contribution in [1.82, 2.24) is 0 Å². The van der Waals surface area contributed by atoms with Crippen LogP contribution in [0.15, 0.2) is 18.2 Å². The monoisotopic (exact) mass is 193 g/mol. The van der Waals surface area contributed by atoms with E-state index in [0.717, 1.165) is 10.8 Å². The lowest BCUT2D eigenvalue weighted by atomic mass is 10.2. The van der Waals surface area contributed by atoms with E-state index in [-0.39, 0.29) is 0 Å². The topological polar surface area (TPSA) is 35.2 Å². The lowest BCUT2D eigenvalue weighted by Crippen LogP contribution is -1.82. The number of aryl methyl sites for hydroxylation is 1. The van der Waals surface area contributed by atoms with Gasteiger partial charge in [0.2, 0.25) is 0 Å². The molecule has 0 bridgehead atoms. The Hall–Kier alpha value is -1.22. The van der Waals surface area contributed by atoms with E-state index in [4.69, 9.17) is 10.5 Å². The van der Waals surface area contributed by atoms with Crippen molar-refractivity contribution < 1.29 is 4.74 Å². The molecule has 1 heterocycles. The summed E-state index contributed by atoms with van der Waals surface area (Å²) in [6, 6.07) is 5.94. The number of hydrogen-bond donors (Lipinski definition) is 1. The van der Waals surface area contributed by atoms with Crippen molar-refractivity contribution in [2.75, 3.05) is 12.8 Å². The fraction of sp³-hybridized carbons (Fsp3) is 0.200. The van der Waals surface area contributed by atoms with Crippen molar-refractivity contribution in [1.29, 1.82) is 0 Å². The van der Waals surface area contributed by atoms with Crippen LogP contribution in [-0.4, -0.2) is 7.11 Å². The van der Waals surface area contributed by atoms with Gasteiger partial charge in [-0.1, -0.05) is 17.4 Å². The van der Waals surface area contributed by atoms with E-state index in [1.807, 2.05) is 18.2 Å². The molecular weight excluding hydrogens is 182 g/mol. The number of nitrogens with two attached hydrogens (primary N) is 1. The van der Waals surface area contributed by atoms with Gasteiger partial charge in [-0.25, -0.2) is 0 Å². The van der Waals surface area contributed by atoms with Gasteiger partial charge in [0.1, 0.15) is 0 Å². The Balaban J connectivity index is 2.76. The molecular formula is C10H11NOS. The number of anilines is 1. The highest BCUT2D eigenvalue weighted by atomic mass is 32.1. The summed E-state index contributed by atoms with van der Waals surface area (Å²) < 4.78 is 6.44. The van der Waals surface area contributed by atoms with E-state index in [0.29, 0.717) is 0 Å². The Labute approximate surface area is 80.9 Å². The molecule has 0 aliphatic heterocycles. The Morgan fingerprint density at radius 3 is 2.85 bits per heavy atom. The molecule has 68 valence electrons. The zero-order chi connectivity index (χ0) is 9.42. The maximum absolute atomic E-state index is 5.69. The summed E-state index contributed by atoms with van der Waals surface area (Å²) in [6.07, 6.45) is 0. The number of fused-ring (bicyclic) bond motifs is 1. The Morgan fingerprint density at radius 2 is 2.15 bits per heavy atom. The Morgan fingerprint density at radius 1 is 1.38 bits per heavy atom. The van der Waals surface area contributed by atoms with Crippen LogP contribution in [0.1, 0.15) is 5.56 Å². The molecule has 0 aliphatic carbocycles. The van der Waals surface area contributed by atoms with Crippen LogP contribution in [-0.2, 0) is 0 Å². The molecule has 0 fully saturated rings. The van der Waals surface area contributed by atoms with E-state index >= 15 is 0 Å². The van der Waals surface area contributed by atoms with Crippen LogP contribution >= 0.6 is 11.3 Å². The van der Waals surface area contributed by atoms with Gasteiger partial charge in [0.25, 0.3) is 0 Å². The number of ether oxygens (including phenoxy) is 1. The maximum Gasteiger partial charge on any atom is 0.177 e. The smallest absolute Gasteiger partial charge is 0.177 e. The molecule has 0 saturated heterocycles. The summed E-state index contributed by atoms with van der Waals surface area (Å²) in [7, 11) is 1.70. The van der Waals surface area contributed by atoms with Crippen LogP contribution in [0.25, 0.3) is 10.1 Å². The van der Waals surface area contributed by atoms with Gasteiger partial charge in [0.05, 0.1) is 7.11 Å². The first kappa shape index (κ1) is 8.38. The lowest BCUT2D eigenvalue weighted by Gasteiger charge is -1.94. The summed E-state index contributed by atoms with van der Waals surface area (Å²) in [5.74, 6) is 0. The van der Waals surface area contributed by atoms with Gasteiger partial charge in [-0.3, -0.25) is 0 Å². The quantitative estimate of drug-likeness (QED) is 0.707. The molecule has 0 saturated carbocycles. The van der Waals surface area contributed by atoms with Crippen LogP contribution in [0, 0.1) is 6.92 Å². The zero-order valence-electron chi connectivity index (χ0n) is 7.63. The largest absolute Gasteiger partial charge is 0.487 e. The van der Waals surface area contributed by atoms with Crippen LogP contribution in [0.5, 0.6) is 5.06 Å². The van der Waals surface area contributed by atoms with Gasteiger partial charge in [0, 0.05) is 16.0 Å². The summed E-state index contributed by atoms with van der Waals surface area (Å²) in [4.78, 5) is 0. The second-order valence-corrected chi connectivity index (χ2v) is 3.99. The predicted molar refractivity (Wildman–Crippen MR) is 57.5 cm³/mol. The van der Waals surface area contributed by atoms with Crippen molar-refractivity contribution in [3.63, 3.8) is 0 Å². The average molecular weight is 193 g/mol. The van der Waals surface area contributed by atoms with E-state index in [2.05, 4.69) is 6.92 Å². The Bertz CT molecular complexity index is 447. The van der Waals surface area contributed by atoms with Crippen molar-refractivity contribution in [2.24, 2.45) is 0 Å². The Kier molecular flexibility index (Phi) is 1.88. The summed E-state index contributed by atoms with van der Waals surface area (Å²) >= 11 is 1.64. The molecule has 3 heteroatoms. The number of hydrogen-bond acceptors (Lipinski definition) is 3. The molecule has 0 amide bonds.